The van der Waals surface area contributed by atoms with Gasteiger partial charge < -0.3 is 0 Å². The van der Waals surface area contributed by atoms with Gasteiger partial charge in [-0.3, -0.25) is 4.18 Å². The summed E-state index contributed by atoms with van der Waals surface area (Å²) in [6, 6.07) is 8.61. The SMILES string of the molecule is Cc1ccc(S(=O)(=O)OC[C@H]2C[C@@H]2C#N)cc1. The van der Waals surface area contributed by atoms with Crippen molar-refractivity contribution in [3.8, 4) is 6.07 Å². The Labute approximate surface area is 101 Å². The predicted molar refractivity (Wildman–Crippen MR) is 61.5 cm³/mol. The summed E-state index contributed by atoms with van der Waals surface area (Å²) >= 11 is 0. The highest BCUT2D eigenvalue weighted by molar-refractivity contribution is 7.86. The average molecular weight is 251 g/mol. The second kappa shape index (κ2) is 4.47. The van der Waals surface area contributed by atoms with Gasteiger partial charge in [0.2, 0.25) is 0 Å². The average Bonchev–Trinajstić information content (AvgIpc) is 3.06. The van der Waals surface area contributed by atoms with Crippen molar-refractivity contribution in [3.63, 3.8) is 0 Å². The van der Waals surface area contributed by atoms with E-state index in [9.17, 15) is 8.42 Å². The molecule has 4 nitrogen and oxygen atoms in total. The lowest BCUT2D eigenvalue weighted by Crippen LogP contribution is -2.09. The number of hydrogen-bond acceptors (Lipinski definition) is 4. The summed E-state index contributed by atoms with van der Waals surface area (Å²) in [5, 5.41) is 8.60. The Morgan fingerprint density at radius 2 is 2.06 bits per heavy atom. The van der Waals surface area contributed by atoms with Gasteiger partial charge in [-0.15, -0.1) is 0 Å². The molecule has 2 rings (SSSR count). The minimum atomic E-state index is -3.67. The van der Waals surface area contributed by atoms with Crippen molar-refractivity contribution in [2.45, 2.75) is 18.2 Å². The molecule has 0 unspecified atom stereocenters. The van der Waals surface area contributed by atoms with E-state index in [2.05, 4.69) is 6.07 Å². The van der Waals surface area contributed by atoms with E-state index in [-0.39, 0.29) is 23.3 Å². The minimum Gasteiger partial charge on any atom is -0.266 e. The van der Waals surface area contributed by atoms with Crippen molar-refractivity contribution >= 4 is 10.1 Å². The van der Waals surface area contributed by atoms with Crippen LogP contribution in [0.25, 0.3) is 0 Å². The standard InChI is InChI=1S/C12H13NO3S/c1-9-2-4-12(5-3-9)17(14,15)16-8-11-6-10(11)7-13/h2-5,10-11H,6,8H2,1H3/t10-,11-/m1/s1. The van der Waals surface area contributed by atoms with E-state index in [0.29, 0.717) is 0 Å². The van der Waals surface area contributed by atoms with Crippen LogP contribution in [0.4, 0.5) is 0 Å². The van der Waals surface area contributed by atoms with E-state index < -0.39 is 10.1 Å². The molecule has 5 heteroatoms. The van der Waals surface area contributed by atoms with Crippen LogP contribution in [-0.4, -0.2) is 15.0 Å². The van der Waals surface area contributed by atoms with Gasteiger partial charge in [0.1, 0.15) is 0 Å². The van der Waals surface area contributed by atoms with Gasteiger partial charge in [0.15, 0.2) is 0 Å². The number of rotatable bonds is 4. The van der Waals surface area contributed by atoms with Gasteiger partial charge in [0.25, 0.3) is 10.1 Å². The van der Waals surface area contributed by atoms with E-state index in [1.54, 1.807) is 12.1 Å². The molecule has 0 aromatic heterocycles. The predicted octanol–water partition coefficient (Wildman–Crippen LogP) is 1.86. The second-order valence-corrected chi connectivity index (χ2v) is 5.90. The van der Waals surface area contributed by atoms with Crippen LogP contribution in [0.15, 0.2) is 29.2 Å². The first-order valence-corrected chi connectivity index (χ1v) is 6.79. The third kappa shape index (κ3) is 2.84. The summed E-state index contributed by atoms with van der Waals surface area (Å²) in [4.78, 5) is 0.164. The van der Waals surface area contributed by atoms with Gasteiger partial charge in [0.05, 0.1) is 23.5 Å². The van der Waals surface area contributed by atoms with Crippen LogP contribution >= 0.6 is 0 Å². The van der Waals surface area contributed by atoms with Gasteiger partial charge in [0, 0.05) is 5.92 Å². The first-order valence-electron chi connectivity index (χ1n) is 5.38. The summed E-state index contributed by atoms with van der Waals surface area (Å²) in [6.07, 6.45) is 0.736. The third-order valence-electron chi connectivity index (χ3n) is 2.84. The normalized spacial score (nSPS) is 23.1. The summed E-state index contributed by atoms with van der Waals surface area (Å²) in [5.74, 6) is 0.0310. The molecule has 1 aliphatic carbocycles. The number of benzene rings is 1. The molecule has 17 heavy (non-hydrogen) atoms. The molecule has 2 atom stereocenters. The van der Waals surface area contributed by atoms with Crippen molar-refractivity contribution in [1.29, 1.82) is 5.26 Å². The summed E-state index contributed by atoms with van der Waals surface area (Å²) in [7, 11) is -3.67. The molecule has 0 aliphatic heterocycles. The molecule has 1 saturated carbocycles. The highest BCUT2D eigenvalue weighted by Gasteiger charge is 2.38. The molecular weight excluding hydrogens is 238 g/mol. The summed E-state index contributed by atoms with van der Waals surface area (Å²) in [6.45, 7) is 1.99. The molecule has 1 aromatic rings. The van der Waals surface area contributed by atoms with E-state index in [1.165, 1.54) is 12.1 Å². The van der Waals surface area contributed by atoms with E-state index in [4.69, 9.17) is 9.44 Å². The van der Waals surface area contributed by atoms with E-state index >= 15 is 0 Å². The lowest BCUT2D eigenvalue weighted by molar-refractivity contribution is 0.298. The Kier molecular flexibility index (Phi) is 3.18. The molecule has 0 saturated heterocycles. The largest absolute Gasteiger partial charge is 0.296 e. The summed E-state index contributed by atoms with van der Waals surface area (Å²) < 4.78 is 28.5. The van der Waals surface area contributed by atoms with Crippen molar-refractivity contribution in [2.75, 3.05) is 6.61 Å². The molecule has 0 amide bonds. The fraction of sp³-hybridized carbons (Fsp3) is 0.417. The number of nitrogens with zero attached hydrogens (tertiary/aromatic N) is 1. The number of aryl methyl sites for hydroxylation is 1. The molecule has 0 heterocycles. The highest BCUT2D eigenvalue weighted by atomic mass is 32.2. The van der Waals surface area contributed by atoms with Gasteiger partial charge >= 0.3 is 0 Å². The molecule has 0 radical (unpaired) electrons. The smallest absolute Gasteiger partial charge is 0.266 e. The molecule has 1 aromatic carbocycles. The van der Waals surface area contributed by atoms with Gasteiger partial charge in [-0.05, 0) is 25.5 Å². The fourth-order valence-corrected chi connectivity index (χ4v) is 2.50. The summed E-state index contributed by atoms with van der Waals surface area (Å²) in [5.41, 5.74) is 0.996. The Balaban J connectivity index is 2.00. The van der Waals surface area contributed by atoms with Crippen LogP contribution in [0.1, 0.15) is 12.0 Å². The quantitative estimate of drug-likeness (QED) is 0.766. The van der Waals surface area contributed by atoms with Gasteiger partial charge in [-0.1, -0.05) is 17.7 Å². The van der Waals surface area contributed by atoms with Crippen LogP contribution in [0.3, 0.4) is 0 Å². The zero-order chi connectivity index (χ0) is 12.5. The molecule has 0 bridgehead atoms. The number of hydrogen-bond donors (Lipinski definition) is 0. The van der Waals surface area contributed by atoms with Crippen LogP contribution in [0.5, 0.6) is 0 Å². The van der Waals surface area contributed by atoms with Crippen LogP contribution < -0.4 is 0 Å². The maximum atomic E-state index is 11.8. The Hall–Kier alpha value is -1.38. The highest BCUT2D eigenvalue weighted by Crippen LogP contribution is 2.38. The van der Waals surface area contributed by atoms with Crippen molar-refractivity contribution in [1.82, 2.24) is 0 Å². The van der Waals surface area contributed by atoms with Crippen molar-refractivity contribution in [2.24, 2.45) is 11.8 Å². The first kappa shape index (κ1) is 12.1. The Morgan fingerprint density at radius 1 is 1.41 bits per heavy atom. The van der Waals surface area contributed by atoms with E-state index in [1.807, 2.05) is 6.92 Å². The van der Waals surface area contributed by atoms with Crippen LogP contribution in [0.2, 0.25) is 0 Å². The molecule has 0 spiro atoms. The van der Waals surface area contributed by atoms with Crippen molar-refractivity contribution in [3.05, 3.63) is 29.8 Å². The molecule has 1 aliphatic rings. The van der Waals surface area contributed by atoms with Crippen LogP contribution in [-0.2, 0) is 14.3 Å². The van der Waals surface area contributed by atoms with Gasteiger partial charge in [-0.2, -0.15) is 13.7 Å². The number of nitriles is 1. The van der Waals surface area contributed by atoms with Crippen LogP contribution in [0, 0.1) is 30.1 Å². The molecule has 1 fully saturated rings. The van der Waals surface area contributed by atoms with Gasteiger partial charge in [-0.25, -0.2) is 0 Å². The Bertz CT molecular complexity index is 542. The molecule has 90 valence electrons. The van der Waals surface area contributed by atoms with Crippen molar-refractivity contribution < 1.29 is 12.6 Å². The second-order valence-electron chi connectivity index (χ2n) is 4.28. The topological polar surface area (TPSA) is 67.2 Å². The Morgan fingerprint density at radius 3 is 2.59 bits per heavy atom. The van der Waals surface area contributed by atoms with E-state index in [0.717, 1.165) is 12.0 Å². The maximum Gasteiger partial charge on any atom is 0.296 e. The minimum absolute atomic E-state index is 0.0387. The zero-order valence-corrected chi connectivity index (χ0v) is 10.3. The third-order valence-corrected chi connectivity index (χ3v) is 4.13. The maximum absolute atomic E-state index is 11.8. The zero-order valence-electron chi connectivity index (χ0n) is 9.46. The lowest BCUT2D eigenvalue weighted by atomic mass is 10.2. The molecular formula is C12H13NO3S. The fourth-order valence-electron chi connectivity index (χ4n) is 1.54. The molecule has 0 N–H and O–H groups in total. The monoisotopic (exact) mass is 251 g/mol. The first-order chi connectivity index (χ1) is 8.03. The lowest BCUT2D eigenvalue weighted by Gasteiger charge is -2.04.